The summed E-state index contributed by atoms with van der Waals surface area (Å²) >= 11 is 0. The first-order valence-corrected chi connectivity index (χ1v) is 20.2. The molecule has 14 heteroatoms. The number of rotatable bonds is 10. The van der Waals surface area contributed by atoms with Gasteiger partial charge < -0.3 is 48.1 Å². The highest BCUT2D eigenvalue weighted by atomic mass is 16.7. The van der Waals surface area contributed by atoms with Crippen LogP contribution in [0.2, 0.25) is 0 Å². The summed E-state index contributed by atoms with van der Waals surface area (Å²) in [5.41, 5.74) is -1.10. The topological polar surface area (TPSA) is 183 Å². The van der Waals surface area contributed by atoms with Crippen LogP contribution in [-0.2, 0) is 57.1 Å². The van der Waals surface area contributed by atoms with Crippen molar-refractivity contribution in [2.24, 2.45) is 5.41 Å². The molecule has 0 amide bonds. The molecule has 3 saturated heterocycles. The average Bonchev–Trinajstić information content (AvgIpc) is 3.11. The molecule has 55 heavy (non-hydrogen) atoms. The van der Waals surface area contributed by atoms with E-state index in [0.717, 1.165) is 44.9 Å². The van der Waals surface area contributed by atoms with Crippen molar-refractivity contribution in [1.29, 1.82) is 0 Å². The molecule has 0 aromatic heterocycles. The third-order valence-electron chi connectivity index (χ3n) is 10.9. The molecule has 14 nitrogen and oxygen atoms in total. The second-order valence-electron chi connectivity index (χ2n) is 16.0. The zero-order chi connectivity index (χ0) is 40.2. The number of methoxy groups -OCH3 is 1. The molecule has 0 saturated carbocycles. The Kier molecular flexibility index (Phi) is 17.2. The van der Waals surface area contributed by atoms with Crippen molar-refractivity contribution in [2.75, 3.05) is 13.7 Å². The van der Waals surface area contributed by atoms with Gasteiger partial charge in [-0.1, -0.05) is 52.5 Å². The summed E-state index contributed by atoms with van der Waals surface area (Å²) in [7, 11) is 1.22. The minimum absolute atomic E-state index is 0.0359. The highest BCUT2D eigenvalue weighted by Crippen LogP contribution is 2.47. The molecule has 0 aromatic carbocycles. The second kappa shape index (κ2) is 21.0. The molecule has 4 heterocycles. The quantitative estimate of drug-likeness (QED) is 0.0960. The number of ether oxygens (including phenoxy) is 8. The molecule has 4 aliphatic rings. The van der Waals surface area contributed by atoms with Gasteiger partial charge in [-0.05, 0) is 63.5 Å². The number of carbonyl (C=O) groups is 4. The summed E-state index contributed by atoms with van der Waals surface area (Å²) in [5, 5.41) is 23.8. The number of hydrogen-bond acceptors (Lipinski definition) is 14. The lowest BCUT2D eigenvalue weighted by atomic mass is 9.74. The van der Waals surface area contributed by atoms with Crippen LogP contribution in [0.5, 0.6) is 0 Å². The SMILES string of the molecule is CCCCCCCC(=O)O[C@H]1/C(=C/C(=O)OC)C[C@H]2C[C@H]([C@@H](C)OC(C)=O)OC(=O)C[C@@H](O)C[C@@H]3CCC[C@H](C[C@@H]4CCO[C@H](/C=C\C(C)(C)[C@]1(O)O2)O4)O3. The lowest BCUT2D eigenvalue weighted by Crippen LogP contribution is -2.62. The molecule has 0 radical (unpaired) electrons. The third-order valence-corrected chi connectivity index (χ3v) is 10.9. The Labute approximate surface area is 325 Å². The second-order valence-corrected chi connectivity index (χ2v) is 16.0. The zero-order valence-corrected chi connectivity index (χ0v) is 33.5. The Hall–Kier alpha value is -2.88. The van der Waals surface area contributed by atoms with Crippen LogP contribution >= 0.6 is 0 Å². The van der Waals surface area contributed by atoms with Gasteiger partial charge in [0.15, 0.2) is 12.4 Å². The molecule has 0 unspecified atom stereocenters. The van der Waals surface area contributed by atoms with Crippen molar-refractivity contribution in [3.63, 3.8) is 0 Å². The Morgan fingerprint density at radius 2 is 1.69 bits per heavy atom. The Morgan fingerprint density at radius 3 is 2.40 bits per heavy atom. The van der Waals surface area contributed by atoms with E-state index in [9.17, 15) is 29.4 Å². The fourth-order valence-corrected chi connectivity index (χ4v) is 7.84. The number of aliphatic hydroxyl groups excluding tert-OH is 1. The molecule has 0 aromatic rings. The van der Waals surface area contributed by atoms with E-state index in [1.54, 1.807) is 32.9 Å². The summed E-state index contributed by atoms with van der Waals surface area (Å²) < 4.78 is 47.5. The first-order valence-electron chi connectivity index (χ1n) is 20.2. The third kappa shape index (κ3) is 13.3. The van der Waals surface area contributed by atoms with Gasteiger partial charge in [-0.15, -0.1) is 0 Å². The maximum Gasteiger partial charge on any atom is 0.330 e. The van der Waals surface area contributed by atoms with Gasteiger partial charge in [-0.2, -0.15) is 0 Å². The molecule has 0 aliphatic carbocycles. The maximum atomic E-state index is 13.4. The highest BCUT2D eigenvalue weighted by Gasteiger charge is 2.58. The first-order chi connectivity index (χ1) is 26.1. The van der Waals surface area contributed by atoms with Crippen molar-refractivity contribution < 1.29 is 67.3 Å². The highest BCUT2D eigenvalue weighted by molar-refractivity contribution is 5.83. The van der Waals surface area contributed by atoms with Crippen LogP contribution in [0, 0.1) is 5.41 Å². The van der Waals surface area contributed by atoms with Crippen LogP contribution in [0.3, 0.4) is 0 Å². The van der Waals surface area contributed by atoms with Gasteiger partial charge in [0.2, 0.25) is 5.79 Å². The molecule has 3 fully saturated rings. The number of fused-ring (bicyclic) bond motifs is 6. The van der Waals surface area contributed by atoms with Crippen LogP contribution in [0.15, 0.2) is 23.8 Å². The van der Waals surface area contributed by atoms with Crippen molar-refractivity contribution in [1.82, 2.24) is 0 Å². The number of aliphatic hydroxyl groups is 2. The van der Waals surface area contributed by atoms with Crippen LogP contribution in [0.1, 0.15) is 131 Å². The Bertz CT molecular complexity index is 1340. The number of esters is 4. The minimum atomic E-state index is -2.29. The molecule has 10 atom stereocenters. The molecular weight excluding hydrogens is 716 g/mol. The molecule has 6 bridgehead atoms. The lowest BCUT2D eigenvalue weighted by molar-refractivity contribution is -0.327. The minimum Gasteiger partial charge on any atom is -0.466 e. The first kappa shape index (κ1) is 44.8. The standard InChI is InChI=1S/C41H64O14/c1-7-8-9-10-11-15-35(44)54-39-28(21-36(45)48-6)20-33-25-34(26(2)50-27(3)42)53-37(46)23-29(43)22-30-13-12-14-31(51-30)24-32-17-19-49-38(52-32)16-18-40(4,5)41(39,47)55-33/h16,18,21,26,29-34,38-39,43,47H,7-15,17,19-20,22-25H2,1-6H3/b18-16-,28-21+/t26-,29+,30+,31-,32+,33+,34-,38+,39+,41-/m1/s1. The largest absolute Gasteiger partial charge is 0.466 e. The van der Waals surface area contributed by atoms with Gasteiger partial charge in [-0.25, -0.2) is 4.79 Å². The van der Waals surface area contributed by atoms with Crippen LogP contribution < -0.4 is 0 Å². The number of unbranched alkanes of at least 4 members (excludes halogenated alkanes) is 4. The predicted octanol–water partition coefficient (Wildman–Crippen LogP) is 5.29. The van der Waals surface area contributed by atoms with E-state index in [1.807, 2.05) is 0 Å². The summed E-state index contributed by atoms with van der Waals surface area (Å²) in [4.78, 5) is 51.6. The van der Waals surface area contributed by atoms with E-state index in [-0.39, 0.29) is 56.0 Å². The van der Waals surface area contributed by atoms with E-state index in [4.69, 9.17) is 37.9 Å². The van der Waals surface area contributed by atoms with E-state index in [2.05, 4.69) is 6.92 Å². The van der Waals surface area contributed by atoms with Crippen molar-refractivity contribution in [3.05, 3.63) is 23.8 Å². The van der Waals surface area contributed by atoms with Gasteiger partial charge in [0.05, 0.1) is 50.7 Å². The zero-order valence-electron chi connectivity index (χ0n) is 33.5. The Morgan fingerprint density at radius 1 is 0.982 bits per heavy atom. The van der Waals surface area contributed by atoms with Gasteiger partial charge in [0, 0.05) is 37.7 Å². The number of carbonyl (C=O) groups excluding carboxylic acids is 4. The van der Waals surface area contributed by atoms with Crippen molar-refractivity contribution in [3.8, 4) is 0 Å². The van der Waals surface area contributed by atoms with E-state index < -0.39 is 71.9 Å². The lowest BCUT2D eigenvalue weighted by Gasteiger charge is -2.51. The van der Waals surface area contributed by atoms with Gasteiger partial charge in [-0.3, -0.25) is 14.4 Å². The average molecular weight is 781 g/mol. The molecular formula is C41H64O14. The fourth-order valence-electron chi connectivity index (χ4n) is 7.84. The summed E-state index contributed by atoms with van der Waals surface area (Å²) in [6.45, 7) is 8.75. The monoisotopic (exact) mass is 780 g/mol. The maximum absolute atomic E-state index is 13.4. The summed E-state index contributed by atoms with van der Waals surface area (Å²) in [6, 6.07) is 0. The summed E-state index contributed by atoms with van der Waals surface area (Å²) in [5.74, 6) is -4.91. The van der Waals surface area contributed by atoms with E-state index in [0.29, 0.717) is 25.9 Å². The molecule has 2 N–H and O–H groups in total. The van der Waals surface area contributed by atoms with Gasteiger partial charge >= 0.3 is 23.9 Å². The normalized spacial score (nSPS) is 35.1. The van der Waals surface area contributed by atoms with Gasteiger partial charge in [0.1, 0.15) is 12.2 Å². The van der Waals surface area contributed by atoms with Crippen LogP contribution in [0.4, 0.5) is 0 Å². The Balaban J connectivity index is 1.74. The smallest absolute Gasteiger partial charge is 0.330 e. The van der Waals surface area contributed by atoms with E-state index in [1.165, 1.54) is 20.1 Å². The molecule has 4 aliphatic heterocycles. The van der Waals surface area contributed by atoms with Crippen molar-refractivity contribution in [2.45, 2.75) is 192 Å². The molecule has 4 rings (SSSR count). The number of hydrogen-bond donors (Lipinski definition) is 2. The van der Waals surface area contributed by atoms with Crippen LogP contribution in [0.25, 0.3) is 0 Å². The molecule has 0 spiro atoms. The van der Waals surface area contributed by atoms with Crippen molar-refractivity contribution >= 4 is 23.9 Å². The van der Waals surface area contributed by atoms with Gasteiger partial charge in [0.25, 0.3) is 0 Å². The fraction of sp³-hybridized carbons (Fsp3) is 0.805. The summed E-state index contributed by atoms with van der Waals surface area (Å²) in [6.07, 6.45) is 5.99. The van der Waals surface area contributed by atoms with E-state index >= 15 is 0 Å². The van der Waals surface area contributed by atoms with Crippen LogP contribution in [-0.4, -0.2) is 109 Å². The molecule has 312 valence electrons. The predicted molar refractivity (Wildman–Crippen MR) is 198 cm³/mol. The number of cyclic esters (lactones) is 1.